The summed E-state index contributed by atoms with van der Waals surface area (Å²) in [4.78, 5) is 0. The maximum atomic E-state index is 8.39. The zero-order valence-electron chi connectivity index (χ0n) is 9.98. The van der Waals surface area contributed by atoms with E-state index in [0.717, 1.165) is 24.8 Å². The van der Waals surface area contributed by atoms with Gasteiger partial charge in [0.05, 0.1) is 0 Å². The highest BCUT2D eigenvalue weighted by atomic mass is 16.5. The highest BCUT2D eigenvalue weighted by Gasteiger charge is 2.19. The highest BCUT2D eigenvalue weighted by Crippen LogP contribution is 2.31. The molecule has 3 heteroatoms. The molecule has 1 aromatic carbocycles. The number of nitriles is 1. The van der Waals surface area contributed by atoms with Crippen LogP contribution in [0.5, 0.6) is 5.75 Å². The summed E-state index contributed by atoms with van der Waals surface area (Å²) in [7, 11) is 0. The molecule has 0 unspecified atom stereocenters. The molecule has 0 heterocycles. The quantitative estimate of drug-likeness (QED) is 0.732. The normalized spacial score (nSPS) is 14.3. The van der Waals surface area contributed by atoms with Crippen molar-refractivity contribution in [1.82, 2.24) is 5.32 Å². The molecule has 90 valence electrons. The molecule has 3 nitrogen and oxygen atoms in total. The Hall–Kier alpha value is -1.53. The maximum Gasteiger partial charge on any atom is 0.174 e. The second-order valence-corrected chi connectivity index (χ2v) is 4.50. The minimum absolute atomic E-state index is 0.110. The molecule has 17 heavy (non-hydrogen) atoms. The predicted molar refractivity (Wildman–Crippen MR) is 66.6 cm³/mol. The number of hydrogen-bond donors (Lipinski definition) is 1. The van der Waals surface area contributed by atoms with Gasteiger partial charge in [0.1, 0.15) is 11.8 Å². The number of hydrogen-bond acceptors (Lipinski definition) is 3. The van der Waals surface area contributed by atoms with Gasteiger partial charge in [-0.25, -0.2) is 0 Å². The average molecular weight is 230 g/mol. The van der Waals surface area contributed by atoms with Crippen LogP contribution in [-0.4, -0.2) is 13.2 Å². The zero-order chi connectivity index (χ0) is 11.9. The fourth-order valence-corrected chi connectivity index (χ4v) is 1.76. The summed E-state index contributed by atoms with van der Waals surface area (Å²) in [6.45, 7) is 2.13. The lowest BCUT2D eigenvalue weighted by Crippen LogP contribution is -2.15. The fourth-order valence-electron chi connectivity index (χ4n) is 1.76. The third-order valence-corrected chi connectivity index (χ3v) is 2.98. The van der Waals surface area contributed by atoms with E-state index in [-0.39, 0.29) is 6.61 Å². The van der Waals surface area contributed by atoms with Crippen LogP contribution in [0.25, 0.3) is 0 Å². The van der Waals surface area contributed by atoms with E-state index in [4.69, 9.17) is 10.00 Å². The molecule has 1 N–H and O–H groups in total. The van der Waals surface area contributed by atoms with Crippen molar-refractivity contribution in [3.8, 4) is 11.8 Å². The molecule has 0 amide bonds. The molecule has 0 aliphatic heterocycles. The van der Waals surface area contributed by atoms with Gasteiger partial charge >= 0.3 is 0 Å². The van der Waals surface area contributed by atoms with Crippen molar-refractivity contribution in [1.29, 1.82) is 5.26 Å². The summed E-state index contributed by atoms with van der Waals surface area (Å²) in [5.74, 6) is 1.75. The molecule has 0 bridgehead atoms. The largest absolute Gasteiger partial charge is 0.479 e. The minimum Gasteiger partial charge on any atom is -0.479 e. The number of rotatable bonds is 7. The van der Waals surface area contributed by atoms with Gasteiger partial charge in [0, 0.05) is 6.54 Å². The first kappa shape index (κ1) is 11.9. The first-order valence-corrected chi connectivity index (χ1v) is 6.18. The van der Waals surface area contributed by atoms with Crippen molar-refractivity contribution in [2.24, 2.45) is 5.92 Å². The van der Waals surface area contributed by atoms with E-state index in [0.29, 0.717) is 0 Å². The topological polar surface area (TPSA) is 45.0 Å². The summed E-state index contributed by atoms with van der Waals surface area (Å²) in [5.41, 5.74) is 1.25. The standard InChI is InChI=1S/C14H18N2O/c15-8-10-17-14-5-3-13(4-6-14)11-16-9-7-12-1-2-12/h3-6,12,16H,1-2,7,9-11H2. The molecule has 1 aliphatic rings. The van der Waals surface area contributed by atoms with Crippen LogP contribution < -0.4 is 10.1 Å². The van der Waals surface area contributed by atoms with E-state index in [1.165, 1.54) is 24.8 Å². The van der Waals surface area contributed by atoms with Crippen molar-refractivity contribution in [2.45, 2.75) is 25.8 Å². The van der Waals surface area contributed by atoms with Crippen molar-refractivity contribution < 1.29 is 4.74 Å². The molecular formula is C14H18N2O. The Bertz CT molecular complexity index is 376. The van der Waals surface area contributed by atoms with Crippen LogP contribution in [0.15, 0.2) is 24.3 Å². The minimum atomic E-state index is 0.110. The van der Waals surface area contributed by atoms with Gasteiger partial charge in [-0.05, 0) is 36.6 Å². The van der Waals surface area contributed by atoms with Crippen LogP contribution >= 0.6 is 0 Å². The Morgan fingerprint density at radius 1 is 1.29 bits per heavy atom. The lowest BCUT2D eigenvalue weighted by Gasteiger charge is -2.06. The van der Waals surface area contributed by atoms with Crippen molar-refractivity contribution in [2.75, 3.05) is 13.2 Å². The lowest BCUT2D eigenvalue weighted by atomic mass is 10.2. The van der Waals surface area contributed by atoms with Crippen molar-refractivity contribution >= 4 is 0 Å². The van der Waals surface area contributed by atoms with Crippen LogP contribution in [0.1, 0.15) is 24.8 Å². The van der Waals surface area contributed by atoms with Gasteiger partial charge in [-0.3, -0.25) is 0 Å². The molecule has 0 spiro atoms. The second kappa shape index (κ2) is 6.27. The van der Waals surface area contributed by atoms with Crippen LogP contribution in [0, 0.1) is 17.2 Å². The Balaban J connectivity index is 1.67. The molecule has 1 fully saturated rings. The van der Waals surface area contributed by atoms with E-state index in [1.807, 2.05) is 30.3 Å². The van der Waals surface area contributed by atoms with E-state index in [1.54, 1.807) is 0 Å². The van der Waals surface area contributed by atoms with Gasteiger partial charge in [-0.2, -0.15) is 5.26 Å². The van der Waals surface area contributed by atoms with Crippen LogP contribution in [0.4, 0.5) is 0 Å². The summed E-state index contributed by atoms with van der Waals surface area (Å²) in [6, 6.07) is 9.86. The fraction of sp³-hybridized carbons (Fsp3) is 0.500. The summed E-state index contributed by atoms with van der Waals surface area (Å²) in [6.07, 6.45) is 4.16. The maximum absolute atomic E-state index is 8.39. The molecule has 1 aliphatic carbocycles. The van der Waals surface area contributed by atoms with Crippen LogP contribution in [0.2, 0.25) is 0 Å². The van der Waals surface area contributed by atoms with E-state index < -0.39 is 0 Å². The van der Waals surface area contributed by atoms with E-state index in [2.05, 4.69) is 5.32 Å². The molecule has 2 rings (SSSR count). The van der Waals surface area contributed by atoms with E-state index >= 15 is 0 Å². The van der Waals surface area contributed by atoms with Crippen LogP contribution in [0.3, 0.4) is 0 Å². The molecule has 0 aromatic heterocycles. The Morgan fingerprint density at radius 3 is 2.71 bits per heavy atom. The molecule has 0 atom stereocenters. The smallest absolute Gasteiger partial charge is 0.174 e. The zero-order valence-corrected chi connectivity index (χ0v) is 9.98. The predicted octanol–water partition coefficient (Wildman–Crippen LogP) is 2.48. The number of nitrogens with zero attached hydrogens (tertiary/aromatic N) is 1. The molecule has 0 saturated heterocycles. The third kappa shape index (κ3) is 4.46. The van der Waals surface area contributed by atoms with Gasteiger partial charge in [-0.15, -0.1) is 0 Å². The molecule has 1 aromatic rings. The van der Waals surface area contributed by atoms with Gasteiger partial charge < -0.3 is 10.1 Å². The average Bonchev–Trinajstić information content (AvgIpc) is 3.18. The first-order chi connectivity index (χ1) is 8.38. The summed E-state index contributed by atoms with van der Waals surface area (Å²) in [5, 5.41) is 11.8. The van der Waals surface area contributed by atoms with Gasteiger partial charge in [0.25, 0.3) is 0 Å². The number of ether oxygens (including phenoxy) is 1. The van der Waals surface area contributed by atoms with Gasteiger partial charge in [-0.1, -0.05) is 25.0 Å². The summed E-state index contributed by atoms with van der Waals surface area (Å²) < 4.78 is 5.19. The van der Waals surface area contributed by atoms with Gasteiger partial charge in [0.15, 0.2) is 6.61 Å². The van der Waals surface area contributed by atoms with Crippen LogP contribution in [-0.2, 0) is 6.54 Å². The molecule has 0 radical (unpaired) electrons. The lowest BCUT2D eigenvalue weighted by molar-refractivity contribution is 0.368. The number of benzene rings is 1. The number of nitrogens with one attached hydrogen (secondary N) is 1. The first-order valence-electron chi connectivity index (χ1n) is 6.18. The second-order valence-electron chi connectivity index (χ2n) is 4.50. The van der Waals surface area contributed by atoms with Crippen molar-refractivity contribution in [3.05, 3.63) is 29.8 Å². The third-order valence-electron chi connectivity index (χ3n) is 2.98. The van der Waals surface area contributed by atoms with E-state index in [9.17, 15) is 0 Å². The molecule has 1 saturated carbocycles. The van der Waals surface area contributed by atoms with Gasteiger partial charge in [0.2, 0.25) is 0 Å². The molecular weight excluding hydrogens is 212 g/mol. The Morgan fingerprint density at radius 2 is 2.06 bits per heavy atom. The SMILES string of the molecule is N#CCOc1ccc(CNCCC2CC2)cc1. The summed E-state index contributed by atoms with van der Waals surface area (Å²) >= 11 is 0. The van der Waals surface area contributed by atoms with Crippen molar-refractivity contribution in [3.63, 3.8) is 0 Å². The Kier molecular flexibility index (Phi) is 4.40. The highest BCUT2D eigenvalue weighted by molar-refractivity contribution is 5.27. The Labute approximate surface area is 102 Å². The monoisotopic (exact) mass is 230 g/mol.